The van der Waals surface area contributed by atoms with E-state index in [1.54, 1.807) is 18.2 Å². The van der Waals surface area contributed by atoms with Crippen LogP contribution in [0.5, 0.6) is 0 Å². The molecule has 1 saturated carbocycles. The predicted octanol–water partition coefficient (Wildman–Crippen LogP) is 1.45. The van der Waals surface area contributed by atoms with Gasteiger partial charge in [-0.2, -0.15) is 0 Å². The van der Waals surface area contributed by atoms with Gasteiger partial charge >= 0.3 is 5.97 Å². The number of hydrogen-bond donors (Lipinski definition) is 2. The lowest BCUT2D eigenvalue weighted by Gasteiger charge is -2.26. The monoisotopic (exact) mass is 437 g/mol. The van der Waals surface area contributed by atoms with Crippen molar-refractivity contribution >= 4 is 16.0 Å². The number of sulfonamides is 1. The van der Waals surface area contributed by atoms with E-state index in [0.717, 1.165) is 18.0 Å². The van der Waals surface area contributed by atoms with Crippen molar-refractivity contribution in [3.05, 3.63) is 48.0 Å². The summed E-state index contributed by atoms with van der Waals surface area (Å²) in [5.74, 6) is -0.838. The fourth-order valence-electron chi connectivity index (χ4n) is 3.89. The van der Waals surface area contributed by atoms with Gasteiger partial charge < -0.3 is 9.84 Å². The molecule has 0 radical (unpaired) electrons. The van der Waals surface area contributed by atoms with Gasteiger partial charge in [0.05, 0.1) is 36.8 Å². The third kappa shape index (κ3) is 4.82. The van der Waals surface area contributed by atoms with E-state index < -0.39 is 39.4 Å². The Morgan fingerprint density at radius 1 is 1.33 bits per heavy atom. The number of benzene rings is 1. The van der Waals surface area contributed by atoms with Gasteiger partial charge in [0, 0.05) is 11.6 Å². The molecule has 1 aliphatic rings. The second kappa shape index (κ2) is 8.75. The lowest BCUT2D eigenvalue weighted by Crippen LogP contribution is -2.41. The number of nitrogens with zero attached hydrogens (tertiary/aromatic N) is 2. The van der Waals surface area contributed by atoms with Gasteiger partial charge in [-0.3, -0.25) is 4.79 Å². The van der Waals surface area contributed by atoms with Crippen LogP contribution in [0.1, 0.15) is 25.3 Å². The van der Waals surface area contributed by atoms with Gasteiger partial charge in [-0.1, -0.05) is 18.2 Å². The van der Waals surface area contributed by atoms with Crippen LogP contribution in [0.2, 0.25) is 0 Å². The average molecular weight is 437 g/mol. The highest BCUT2D eigenvalue weighted by Gasteiger charge is 2.51. The summed E-state index contributed by atoms with van der Waals surface area (Å²) >= 11 is 0. The molecular weight excluding hydrogens is 413 g/mol. The number of carbonyl (C=O) groups excluding carboxylic acids is 1. The van der Waals surface area contributed by atoms with Gasteiger partial charge in [-0.15, -0.1) is 0 Å². The van der Waals surface area contributed by atoms with Gasteiger partial charge in [0.1, 0.15) is 0 Å². The molecule has 1 fully saturated rings. The van der Waals surface area contributed by atoms with Crippen LogP contribution >= 0.6 is 0 Å². The molecule has 0 aliphatic heterocycles. The minimum Gasteiger partial charge on any atom is -0.469 e. The van der Waals surface area contributed by atoms with E-state index >= 15 is 0 Å². The zero-order chi connectivity index (χ0) is 21.9. The first kappa shape index (κ1) is 22.3. The van der Waals surface area contributed by atoms with Gasteiger partial charge in [-0.25, -0.2) is 27.5 Å². The van der Waals surface area contributed by atoms with Crippen LogP contribution in [0.4, 0.5) is 4.39 Å². The SMILES string of the molecule is CCS(=O)(=O)N[C@@H]1C[C@@](Cc2cccc(-c3ncc(F)cn3)c2)(C(=O)OC)C[C@H]1O. The zero-order valence-corrected chi connectivity index (χ0v) is 17.5. The van der Waals surface area contributed by atoms with Crippen molar-refractivity contribution < 1.29 is 27.4 Å². The van der Waals surface area contributed by atoms with Gasteiger partial charge in [0.15, 0.2) is 11.6 Å². The minimum absolute atomic E-state index is 0.0633. The summed E-state index contributed by atoms with van der Waals surface area (Å²) in [7, 11) is -2.28. The first-order valence-electron chi connectivity index (χ1n) is 9.51. The Bertz CT molecular complexity index is 1020. The standard InChI is InChI=1S/C20H24FN3O5S/c1-3-30(27,28)24-16-9-20(10-17(16)25,19(26)29-2)8-13-5-4-6-14(7-13)18-22-11-15(21)12-23-18/h4-7,11-12,16-17,24-25H,3,8-10H2,1-2H3/t16-,17-,20-/m1/s1. The van der Waals surface area contributed by atoms with Crippen molar-refractivity contribution in [3.8, 4) is 11.4 Å². The molecule has 0 unspecified atom stereocenters. The third-order valence-electron chi connectivity index (χ3n) is 5.35. The van der Waals surface area contributed by atoms with Crippen LogP contribution < -0.4 is 4.72 Å². The summed E-state index contributed by atoms with van der Waals surface area (Å²) in [6.07, 6.45) is 1.53. The van der Waals surface area contributed by atoms with E-state index in [1.807, 2.05) is 6.07 Å². The summed E-state index contributed by atoms with van der Waals surface area (Å²) in [5.41, 5.74) is 0.323. The number of rotatable bonds is 7. The number of methoxy groups -OCH3 is 1. The topological polar surface area (TPSA) is 118 Å². The largest absolute Gasteiger partial charge is 0.469 e. The first-order valence-corrected chi connectivity index (χ1v) is 11.2. The molecule has 8 nitrogen and oxygen atoms in total. The molecular formula is C20H24FN3O5S. The van der Waals surface area contributed by atoms with Crippen LogP contribution in [0.3, 0.4) is 0 Å². The number of nitrogens with one attached hydrogen (secondary N) is 1. The number of hydrogen-bond acceptors (Lipinski definition) is 7. The second-order valence-electron chi connectivity index (χ2n) is 7.48. The summed E-state index contributed by atoms with van der Waals surface area (Å²) in [6, 6.07) is 6.35. The van der Waals surface area contributed by atoms with Crippen molar-refractivity contribution in [2.75, 3.05) is 12.9 Å². The molecule has 0 bridgehead atoms. The van der Waals surface area contributed by atoms with E-state index in [4.69, 9.17) is 4.74 Å². The average Bonchev–Trinajstić information content (AvgIpc) is 3.03. The lowest BCUT2D eigenvalue weighted by molar-refractivity contribution is -0.153. The van der Waals surface area contributed by atoms with Gasteiger partial charge in [0.2, 0.25) is 10.0 Å². The lowest BCUT2D eigenvalue weighted by atomic mass is 9.79. The number of aliphatic hydroxyl groups is 1. The first-order chi connectivity index (χ1) is 14.2. The summed E-state index contributed by atoms with van der Waals surface area (Å²) < 4.78 is 44.5. The Labute approximate surface area is 174 Å². The van der Waals surface area contributed by atoms with Crippen molar-refractivity contribution in [3.63, 3.8) is 0 Å². The number of aliphatic hydroxyl groups excluding tert-OH is 1. The van der Waals surface area contributed by atoms with E-state index in [0.29, 0.717) is 11.4 Å². The summed E-state index contributed by atoms with van der Waals surface area (Å²) in [4.78, 5) is 20.6. The Hall–Kier alpha value is -2.43. The Morgan fingerprint density at radius 3 is 2.67 bits per heavy atom. The Kier molecular flexibility index (Phi) is 6.49. The number of aromatic nitrogens is 2. The second-order valence-corrected chi connectivity index (χ2v) is 9.52. The molecule has 3 atom stereocenters. The maximum atomic E-state index is 13.1. The van der Waals surface area contributed by atoms with Gasteiger partial charge in [-0.05, 0) is 37.8 Å². The Balaban J connectivity index is 1.88. The maximum Gasteiger partial charge on any atom is 0.312 e. The number of esters is 1. The van der Waals surface area contributed by atoms with Gasteiger partial charge in [0.25, 0.3) is 0 Å². The smallest absolute Gasteiger partial charge is 0.312 e. The number of halogens is 1. The molecule has 0 amide bonds. The van der Waals surface area contributed by atoms with E-state index in [-0.39, 0.29) is 25.0 Å². The molecule has 1 heterocycles. The van der Waals surface area contributed by atoms with Crippen LogP contribution in [-0.4, -0.2) is 54.5 Å². The fraction of sp³-hybridized carbons (Fsp3) is 0.450. The molecule has 10 heteroatoms. The molecule has 1 aromatic heterocycles. The molecule has 1 aliphatic carbocycles. The van der Waals surface area contributed by atoms with Crippen LogP contribution in [-0.2, 0) is 26.0 Å². The third-order valence-corrected chi connectivity index (χ3v) is 6.77. The van der Waals surface area contributed by atoms with Crippen molar-refractivity contribution in [2.24, 2.45) is 5.41 Å². The molecule has 2 aromatic rings. The predicted molar refractivity (Wildman–Crippen MR) is 107 cm³/mol. The molecule has 1 aromatic carbocycles. The summed E-state index contributed by atoms with van der Waals surface area (Å²) in [5, 5.41) is 10.5. The van der Waals surface area contributed by atoms with E-state index in [1.165, 1.54) is 14.0 Å². The van der Waals surface area contributed by atoms with Crippen molar-refractivity contribution in [2.45, 2.75) is 38.3 Å². The molecule has 30 heavy (non-hydrogen) atoms. The molecule has 162 valence electrons. The molecule has 0 spiro atoms. The normalized spacial score (nSPS) is 24.0. The highest BCUT2D eigenvalue weighted by atomic mass is 32.2. The molecule has 3 rings (SSSR count). The maximum absolute atomic E-state index is 13.1. The highest BCUT2D eigenvalue weighted by molar-refractivity contribution is 7.89. The summed E-state index contributed by atoms with van der Waals surface area (Å²) in [6.45, 7) is 1.50. The number of ether oxygens (including phenoxy) is 1. The van der Waals surface area contributed by atoms with E-state index in [2.05, 4.69) is 14.7 Å². The fourth-order valence-corrected chi connectivity index (χ4v) is 4.76. The zero-order valence-electron chi connectivity index (χ0n) is 16.7. The molecule has 0 saturated heterocycles. The van der Waals surface area contributed by atoms with E-state index in [9.17, 15) is 22.7 Å². The van der Waals surface area contributed by atoms with Crippen LogP contribution in [0.25, 0.3) is 11.4 Å². The van der Waals surface area contributed by atoms with Crippen LogP contribution in [0.15, 0.2) is 36.7 Å². The highest BCUT2D eigenvalue weighted by Crippen LogP contribution is 2.43. The number of carbonyl (C=O) groups is 1. The van der Waals surface area contributed by atoms with Crippen molar-refractivity contribution in [1.82, 2.24) is 14.7 Å². The Morgan fingerprint density at radius 2 is 2.03 bits per heavy atom. The van der Waals surface area contributed by atoms with Crippen molar-refractivity contribution in [1.29, 1.82) is 0 Å². The van der Waals surface area contributed by atoms with Crippen LogP contribution in [0, 0.1) is 11.2 Å². The minimum atomic E-state index is -3.55. The quantitative estimate of drug-likeness (QED) is 0.629. The molecule has 2 N–H and O–H groups in total.